The van der Waals surface area contributed by atoms with E-state index in [9.17, 15) is 0 Å². The molecule has 0 aliphatic rings. The van der Waals surface area contributed by atoms with Crippen LogP contribution in [0.2, 0.25) is 5.02 Å². The number of fused-ring (bicyclic) bond motifs is 1. The van der Waals surface area contributed by atoms with Crippen LogP contribution in [0.25, 0.3) is 11.0 Å². The average Bonchev–Trinajstić information content (AvgIpc) is 2.34. The van der Waals surface area contributed by atoms with Gasteiger partial charge in [-0.3, -0.25) is 0 Å². The van der Waals surface area contributed by atoms with Gasteiger partial charge in [-0.25, -0.2) is 4.98 Å². The molecule has 4 heteroatoms. The minimum Gasteiger partial charge on any atom is -0.345 e. The Kier molecular flexibility index (Phi) is 1.62. The summed E-state index contributed by atoms with van der Waals surface area (Å²) in [6.45, 7) is 0. The number of aromatic nitrogens is 2. The van der Waals surface area contributed by atoms with Crippen molar-refractivity contribution in [2.45, 2.75) is 0 Å². The van der Waals surface area contributed by atoms with Gasteiger partial charge in [-0.2, -0.15) is 0 Å². The standard InChI is InChI=1S/C7H4BrClN2/c8-4-1-5(9)7-6(2-4)10-3-11-7/h1-3H,(H,10,11). The SMILES string of the molecule is Clc1cc(Br)cc2[nH]cnc12. The third-order valence-electron chi connectivity index (χ3n) is 1.44. The zero-order valence-electron chi connectivity index (χ0n) is 5.44. The summed E-state index contributed by atoms with van der Waals surface area (Å²) in [6.07, 6.45) is 1.63. The van der Waals surface area contributed by atoms with E-state index < -0.39 is 0 Å². The second kappa shape index (κ2) is 2.50. The van der Waals surface area contributed by atoms with E-state index in [1.807, 2.05) is 12.1 Å². The van der Waals surface area contributed by atoms with Crippen LogP contribution in [-0.2, 0) is 0 Å². The highest BCUT2D eigenvalue weighted by Gasteiger charge is 2.01. The molecular weight excluding hydrogens is 227 g/mol. The van der Waals surface area contributed by atoms with Gasteiger partial charge in [-0.05, 0) is 12.1 Å². The van der Waals surface area contributed by atoms with Crippen LogP contribution in [0, 0.1) is 0 Å². The quantitative estimate of drug-likeness (QED) is 0.742. The second-order valence-corrected chi connectivity index (χ2v) is 3.51. The fourth-order valence-electron chi connectivity index (χ4n) is 0.974. The van der Waals surface area contributed by atoms with Crippen molar-refractivity contribution in [1.82, 2.24) is 9.97 Å². The van der Waals surface area contributed by atoms with Gasteiger partial charge in [0, 0.05) is 4.47 Å². The van der Waals surface area contributed by atoms with E-state index in [4.69, 9.17) is 11.6 Å². The normalized spacial score (nSPS) is 10.7. The molecule has 2 aromatic rings. The number of hydrogen-bond acceptors (Lipinski definition) is 1. The molecule has 0 saturated carbocycles. The first-order valence-electron chi connectivity index (χ1n) is 3.05. The van der Waals surface area contributed by atoms with Crippen molar-refractivity contribution < 1.29 is 0 Å². The Morgan fingerprint density at radius 3 is 3.09 bits per heavy atom. The summed E-state index contributed by atoms with van der Waals surface area (Å²) in [5.41, 5.74) is 1.76. The molecule has 0 saturated heterocycles. The number of nitrogens with one attached hydrogen (secondary N) is 1. The number of aromatic amines is 1. The van der Waals surface area contributed by atoms with Crippen LogP contribution >= 0.6 is 27.5 Å². The third-order valence-corrected chi connectivity index (χ3v) is 2.19. The van der Waals surface area contributed by atoms with Crippen molar-refractivity contribution in [2.75, 3.05) is 0 Å². The van der Waals surface area contributed by atoms with Gasteiger partial charge in [-0.1, -0.05) is 27.5 Å². The lowest BCUT2D eigenvalue weighted by atomic mass is 10.3. The first-order valence-corrected chi connectivity index (χ1v) is 4.22. The van der Waals surface area contributed by atoms with Crippen molar-refractivity contribution in [1.29, 1.82) is 0 Å². The Bertz CT molecular complexity index is 396. The fraction of sp³-hybridized carbons (Fsp3) is 0. The highest BCUT2D eigenvalue weighted by molar-refractivity contribution is 9.10. The lowest BCUT2D eigenvalue weighted by molar-refractivity contribution is 1.34. The van der Waals surface area contributed by atoms with E-state index in [1.54, 1.807) is 6.33 Å². The van der Waals surface area contributed by atoms with Crippen molar-refractivity contribution in [3.05, 3.63) is 28.0 Å². The first kappa shape index (κ1) is 7.13. The van der Waals surface area contributed by atoms with E-state index >= 15 is 0 Å². The number of H-pyrrole nitrogens is 1. The van der Waals surface area contributed by atoms with E-state index in [1.165, 1.54) is 0 Å². The van der Waals surface area contributed by atoms with E-state index in [-0.39, 0.29) is 0 Å². The molecule has 0 amide bonds. The summed E-state index contributed by atoms with van der Waals surface area (Å²) < 4.78 is 0.958. The first-order chi connectivity index (χ1) is 5.27. The van der Waals surface area contributed by atoms with Crippen LogP contribution in [-0.4, -0.2) is 9.97 Å². The Hall–Kier alpha value is -0.540. The van der Waals surface area contributed by atoms with Crippen LogP contribution in [0.1, 0.15) is 0 Å². The largest absolute Gasteiger partial charge is 0.345 e. The molecule has 1 heterocycles. The van der Waals surface area contributed by atoms with Gasteiger partial charge in [-0.15, -0.1) is 0 Å². The summed E-state index contributed by atoms with van der Waals surface area (Å²) >= 11 is 9.23. The van der Waals surface area contributed by atoms with Crippen LogP contribution < -0.4 is 0 Å². The summed E-state index contributed by atoms with van der Waals surface area (Å²) in [4.78, 5) is 7.03. The summed E-state index contributed by atoms with van der Waals surface area (Å²) in [6, 6.07) is 3.76. The maximum absolute atomic E-state index is 5.89. The molecular formula is C7H4BrClN2. The highest BCUT2D eigenvalue weighted by Crippen LogP contribution is 2.24. The molecule has 0 spiro atoms. The fourth-order valence-corrected chi connectivity index (χ4v) is 1.83. The van der Waals surface area contributed by atoms with Crippen LogP contribution in [0.15, 0.2) is 22.9 Å². The van der Waals surface area contributed by atoms with Crippen LogP contribution in [0.3, 0.4) is 0 Å². The van der Waals surface area contributed by atoms with Gasteiger partial charge in [0.15, 0.2) is 0 Å². The smallest absolute Gasteiger partial charge is 0.107 e. The molecule has 0 aliphatic carbocycles. The topological polar surface area (TPSA) is 28.7 Å². The van der Waals surface area contributed by atoms with Gasteiger partial charge >= 0.3 is 0 Å². The Labute approximate surface area is 76.7 Å². The second-order valence-electron chi connectivity index (χ2n) is 2.19. The van der Waals surface area contributed by atoms with Gasteiger partial charge in [0.1, 0.15) is 5.52 Å². The minimum atomic E-state index is 0.663. The zero-order valence-corrected chi connectivity index (χ0v) is 7.78. The molecule has 1 N–H and O–H groups in total. The van der Waals surface area contributed by atoms with Crippen molar-refractivity contribution in [3.8, 4) is 0 Å². The monoisotopic (exact) mass is 230 g/mol. The van der Waals surface area contributed by atoms with E-state index in [0.717, 1.165) is 15.5 Å². The summed E-state index contributed by atoms with van der Waals surface area (Å²) in [5.74, 6) is 0. The number of benzene rings is 1. The Morgan fingerprint density at radius 1 is 1.45 bits per heavy atom. The molecule has 56 valence electrons. The molecule has 11 heavy (non-hydrogen) atoms. The molecule has 2 rings (SSSR count). The van der Waals surface area contributed by atoms with Crippen molar-refractivity contribution in [3.63, 3.8) is 0 Å². The molecule has 0 radical (unpaired) electrons. The number of nitrogens with zero attached hydrogens (tertiary/aromatic N) is 1. The summed E-state index contributed by atoms with van der Waals surface area (Å²) in [7, 11) is 0. The average molecular weight is 231 g/mol. The predicted octanol–water partition coefficient (Wildman–Crippen LogP) is 2.98. The Morgan fingerprint density at radius 2 is 2.27 bits per heavy atom. The lowest BCUT2D eigenvalue weighted by Gasteiger charge is -1.92. The molecule has 0 fully saturated rings. The van der Waals surface area contributed by atoms with Crippen LogP contribution in [0.4, 0.5) is 0 Å². The molecule has 2 nitrogen and oxygen atoms in total. The Balaban J connectivity index is 2.91. The molecule has 0 bridgehead atoms. The van der Waals surface area contributed by atoms with Crippen molar-refractivity contribution >= 4 is 38.6 Å². The number of rotatable bonds is 0. The van der Waals surface area contributed by atoms with E-state index in [0.29, 0.717) is 5.02 Å². The zero-order chi connectivity index (χ0) is 7.84. The predicted molar refractivity (Wildman–Crippen MR) is 48.8 cm³/mol. The van der Waals surface area contributed by atoms with Gasteiger partial charge in [0.2, 0.25) is 0 Å². The lowest BCUT2D eigenvalue weighted by Crippen LogP contribution is -1.71. The number of hydrogen-bond donors (Lipinski definition) is 1. The summed E-state index contributed by atoms with van der Waals surface area (Å²) in [5, 5.41) is 0.663. The third kappa shape index (κ3) is 1.14. The molecule has 0 atom stereocenters. The van der Waals surface area contributed by atoms with Gasteiger partial charge in [0.05, 0.1) is 16.9 Å². The van der Waals surface area contributed by atoms with Crippen LogP contribution in [0.5, 0.6) is 0 Å². The van der Waals surface area contributed by atoms with Gasteiger partial charge < -0.3 is 4.98 Å². The maximum atomic E-state index is 5.89. The number of halogens is 2. The van der Waals surface area contributed by atoms with E-state index in [2.05, 4.69) is 25.9 Å². The molecule has 1 aromatic carbocycles. The molecule has 0 aliphatic heterocycles. The number of imidazole rings is 1. The van der Waals surface area contributed by atoms with Crippen molar-refractivity contribution in [2.24, 2.45) is 0 Å². The highest BCUT2D eigenvalue weighted by atomic mass is 79.9. The minimum absolute atomic E-state index is 0.663. The molecule has 0 unspecified atom stereocenters. The maximum Gasteiger partial charge on any atom is 0.107 e. The molecule has 1 aromatic heterocycles. The van der Waals surface area contributed by atoms with Gasteiger partial charge in [0.25, 0.3) is 0 Å².